The van der Waals surface area contributed by atoms with E-state index >= 15 is 0 Å². The van der Waals surface area contributed by atoms with Gasteiger partial charge in [0.15, 0.2) is 0 Å². The van der Waals surface area contributed by atoms with Crippen LogP contribution in [0.2, 0.25) is 0 Å². The Morgan fingerprint density at radius 3 is 2.52 bits per heavy atom. The van der Waals surface area contributed by atoms with E-state index in [0.29, 0.717) is 18.4 Å². The van der Waals surface area contributed by atoms with Gasteiger partial charge < -0.3 is 15.3 Å². The highest BCUT2D eigenvalue weighted by atomic mass is 16.4. The largest absolute Gasteiger partial charge is 0.477 e. The van der Waals surface area contributed by atoms with Gasteiger partial charge >= 0.3 is 12.0 Å². The van der Waals surface area contributed by atoms with E-state index < -0.39 is 5.97 Å². The van der Waals surface area contributed by atoms with Crippen molar-refractivity contribution in [2.24, 2.45) is 11.8 Å². The van der Waals surface area contributed by atoms with Crippen LogP contribution in [-0.2, 0) is 6.54 Å². The number of amides is 2. The first-order valence-corrected chi connectivity index (χ1v) is 7.16. The molecule has 0 saturated carbocycles. The number of hydrogen-bond donors (Lipinski definition) is 2. The van der Waals surface area contributed by atoms with E-state index in [1.165, 1.54) is 12.3 Å². The smallest absolute Gasteiger partial charge is 0.354 e. The molecule has 1 aliphatic heterocycles. The van der Waals surface area contributed by atoms with E-state index in [1.54, 1.807) is 6.07 Å². The van der Waals surface area contributed by atoms with Crippen molar-refractivity contribution >= 4 is 12.0 Å². The first-order valence-electron chi connectivity index (χ1n) is 7.16. The van der Waals surface area contributed by atoms with Gasteiger partial charge in [-0.3, -0.25) is 0 Å². The number of aromatic carboxylic acids is 1. The lowest BCUT2D eigenvalue weighted by molar-refractivity contribution is 0.0690. The van der Waals surface area contributed by atoms with Crippen molar-refractivity contribution in [3.63, 3.8) is 0 Å². The van der Waals surface area contributed by atoms with Gasteiger partial charge in [0.2, 0.25) is 0 Å². The zero-order valence-corrected chi connectivity index (χ0v) is 12.4. The van der Waals surface area contributed by atoms with Crippen molar-refractivity contribution in [3.8, 4) is 0 Å². The molecule has 1 saturated heterocycles. The number of nitrogens with one attached hydrogen (secondary N) is 1. The summed E-state index contributed by atoms with van der Waals surface area (Å²) in [6.45, 7) is 6.23. The van der Waals surface area contributed by atoms with E-state index in [0.717, 1.165) is 25.1 Å². The molecule has 21 heavy (non-hydrogen) atoms. The van der Waals surface area contributed by atoms with Gasteiger partial charge in [-0.1, -0.05) is 19.9 Å². The molecule has 0 radical (unpaired) electrons. The van der Waals surface area contributed by atoms with Crippen molar-refractivity contribution in [2.75, 3.05) is 13.1 Å². The maximum atomic E-state index is 12.1. The van der Waals surface area contributed by atoms with Gasteiger partial charge in [0.05, 0.1) is 0 Å². The maximum absolute atomic E-state index is 12.1. The molecule has 2 unspecified atom stereocenters. The van der Waals surface area contributed by atoms with E-state index in [4.69, 9.17) is 5.11 Å². The molecule has 1 fully saturated rings. The molecule has 2 heterocycles. The third-order valence-corrected chi connectivity index (χ3v) is 3.64. The number of rotatable bonds is 3. The lowest BCUT2D eigenvalue weighted by Crippen LogP contribution is -2.47. The molecule has 2 atom stereocenters. The molecule has 6 nitrogen and oxygen atoms in total. The Morgan fingerprint density at radius 1 is 1.33 bits per heavy atom. The summed E-state index contributed by atoms with van der Waals surface area (Å²) in [5.74, 6) is -0.00564. The highest BCUT2D eigenvalue weighted by Gasteiger charge is 2.25. The summed E-state index contributed by atoms with van der Waals surface area (Å²) >= 11 is 0. The van der Waals surface area contributed by atoms with Crippen molar-refractivity contribution in [1.82, 2.24) is 15.2 Å². The van der Waals surface area contributed by atoms with Crippen LogP contribution in [0.3, 0.4) is 0 Å². The Labute approximate surface area is 124 Å². The lowest BCUT2D eigenvalue weighted by atomic mass is 9.92. The molecular formula is C15H21N3O3. The summed E-state index contributed by atoms with van der Waals surface area (Å²) in [6.07, 6.45) is 2.63. The Kier molecular flexibility index (Phi) is 4.77. The zero-order chi connectivity index (χ0) is 15.4. The van der Waals surface area contributed by atoms with Gasteiger partial charge in [0.25, 0.3) is 0 Å². The number of aromatic nitrogens is 1. The van der Waals surface area contributed by atoms with Gasteiger partial charge in [-0.15, -0.1) is 0 Å². The van der Waals surface area contributed by atoms with Crippen molar-refractivity contribution in [3.05, 3.63) is 29.6 Å². The normalized spacial score (nSPS) is 21.9. The molecule has 0 spiro atoms. The molecule has 114 valence electrons. The molecular weight excluding hydrogens is 270 g/mol. The van der Waals surface area contributed by atoms with Crippen LogP contribution < -0.4 is 5.32 Å². The first kappa shape index (κ1) is 15.3. The summed E-state index contributed by atoms with van der Waals surface area (Å²) in [4.78, 5) is 28.5. The van der Waals surface area contributed by atoms with E-state index in [2.05, 4.69) is 24.1 Å². The number of pyridine rings is 1. The summed E-state index contributed by atoms with van der Waals surface area (Å²) in [6, 6.07) is 3.03. The quantitative estimate of drug-likeness (QED) is 0.892. The Morgan fingerprint density at radius 2 is 2.00 bits per heavy atom. The average molecular weight is 291 g/mol. The number of nitrogens with zero attached hydrogens (tertiary/aromatic N) is 2. The van der Waals surface area contributed by atoms with E-state index in [-0.39, 0.29) is 11.7 Å². The number of urea groups is 1. The van der Waals surface area contributed by atoms with Crippen LogP contribution in [0.15, 0.2) is 18.3 Å². The standard InChI is InChI=1S/C15H21N3O3/c1-10-5-11(2)9-18(8-10)15(21)17-7-12-3-4-13(14(19)20)16-6-12/h3-4,6,10-11H,5,7-9H2,1-2H3,(H,17,21)(H,19,20). The van der Waals surface area contributed by atoms with Crippen LogP contribution in [0.25, 0.3) is 0 Å². The molecule has 1 aromatic heterocycles. The molecule has 1 aliphatic rings. The summed E-state index contributed by atoms with van der Waals surface area (Å²) in [5, 5.41) is 11.6. The van der Waals surface area contributed by atoms with Gasteiger partial charge in [0.1, 0.15) is 5.69 Å². The Bertz CT molecular complexity index is 505. The Balaban J connectivity index is 1.87. The number of likely N-dealkylation sites (tertiary alicyclic amines) is 1. The van der Waals surface area contributed by atoms with Gasteiger partial charge in [-0.25, -0.2) is 14.6 Å². The summed E-state index contributed by atoms with van der Waals surface area (Å²) in [5.41, 5.74) is 0.787. The van der Waals surface area contributed by atoms with Crippen LogP contribution in [0.5, 0.6) is 0 Å². The van der Waals surface area contributed by atoms with Crippen LogP contribution in [0, 0.1) is 11.8 Å². The third kappa shape index (κ3) is 4.18. The molecule has 6 heteroatoms. The topological polar surface area (TPSA) is 82.5 Å². The second-order valence-electron chi connectivity index (χ2n) is 5.87. The maximum Gasteiger partial charge on any atom is 0.354 e. The van der Waals surface area contributed by atoms with Crippen molar-refractivity contribution in [1.29, 1.82) is 0 Å². The number of carboxylic acid groups (broad SMARTS) is 1. The second-order valence-corrected chi connectivity index (χ2v) is 5.87. The fourth-order valence-electron chi connectivity index (χ4n) is 2.77. The monoisotopic (exact) mass is 291 g/mol. The molecule has 2 N–H and O–H groups in total. The minimum atomic E-state index is -1.05. The minimum absolute atomic E-state index is 0.00348. The molecule has 0 aliphatic carbocycles. The number of carbonyl (C=O) groups excluding carboxylic acids is 1. The molecule has 2 rings (SSSR count). The first-order chi connectivity index (χ1) is 9.95. The molecule has 0 aromatic carbocycles. The highest BCUT2D eigenvalue weighted by molar-refractivity contribution is 5.85. The molecule has 0 bridgehead atoms. The molecule has 2 amide bonds. The van der Waals surface area contributed by atoms with Gasteiger partial charge in [-0.2, -0.15) is 0 Å². The number of carbonyl (C=O) groups is 2. The number of carboxylic acids is 1. The zero-order valence-electron chi connectivity index (χ0n) is 12.4. The summed E-state index contributed by atoms with van der Waals surface area (Å²) < 4.78 is 0. The number of hydrogen-bond acceptors (Lipinski definition) is 3. The van der Waals surface area contributed by atoms with E-state index in [1.807, 2.05) is 4.90 Å². The van der Waals surface area contributed by atoms with E-state index in [9.17, 15) is 9.59 Å². The number of piperidine rings is 1. The second kappa shape index (κ2) is 6.56. The fourth-order valence-corrected chi connectivity index (χ4v) is 2.77. The SMILES string of the molecule is CC1CC(C)CN(C(=O)NCc2ccc(C(=O)O)nc2)C1. The van der Waals surface area contributed by atoms with Crippen molar-refractivity contribution in [2.45, 2.75) is 26.8 Å². The fraction of sp³-hybridized carbons (Fsp3) is 0.533. The predicted octanol–water partition coefficient (Wildman–Crippen LogP) is 1.97. The Hall–Kier alpha value is -2.11. The van der Waals surface area contributed by atoms with Crippen molar-refractivity contribution < 1.29 is 14.7 Å². The van der Waals surface area contributed by atoms with Crippen LogP contribution >= 0.6 is 0 Å². The average Bonchev–Trinajstić information content (AvgIpc) is 2.44. The lowest BCUT2D eigenvalue weighted by Gasteiger charge is -2.34. The minimum Gasteiger partial charge on any atom is -0.477 e. The summed E-state index contributed by atoms with van der Waals surface area (Å²) in [7, 11) is 0. The van der Waals surface area contributed by atoms with Gasteiger partial charge in [-0.05, 0) is 29.9 Å². The third-order valence-electron chi connectivity index (χ3n) is 3.64. The predicted molar refractivity (Wildman–Crippen MR) is 78.0 cm³/mol. The van der Waals surface area contributed by atoms with Gasteiger partial charge in [0, 0.05) is 25.8 Å². The van der Waals surface area contributed by atoms with Crippen LogP contribution in [-0.4, -0.2) is 40.1 Å². The van der Waals surface area contributed by atoms with Crippen LogP contribution in [0.4, 0.5) is 4.79 Å². The van der Waals surface area contributed by atoms with Crippen LogP contribution in [0.1, 0.15) is 36.3 Å². The highest BCUT2D eigenvalue weighted by Crippen LogP contribution is 2.20. The molecule has 1 aromatic rings.